The normalized spacial score (nSPS) is 10.8. The quantitative estimate of drug-likeness (QED) is 0.486. The zero-order valence-corrected chi connectivity index (χ0v) is 13.4. The molecule has 0 aliphatic carbocycles. The molecule has 0 saturated heterocycles. The van der Waals surface area contributed by atoms with Gasteiger partial charge in [0.2, 0.25) is 0 Å². The minimum Gasteiger partial charge on any atom is -0.396 e. The van der Waals surface area contributed by atoms with Crippen LogP contribution in [0.25, 0.3) is 22.0 Å². The van der Waals surface area contributed by atoms with E-state index in [4.69, 9.17) is 16.6 Å². The molecule has 7 heteroatoms. The van der Waals surface area contributed by atoms with Crippen LogP contribution in [0.5, 0.6) is 0 Å². The van der Waals surface area contributed by atoms with Gasteiger partial charge in [0, 0.05) is 17.5 Å². The summed E-state index contributed by atoms with van der Waals surface area (Å²) in [6, 6.07) is 12.6. The first kappa shape index (κ1) is 16.5. The molecule has 2 aromatic carbocycles. The summed E-state index contributed by atoms with van der Waals surface area (Å²) in [6.07, 6.45) is 0.580. The van der Waals surface area contributed by atoms with E-state index in [1.54, 1.807) is 6.07 Å². The number of nitrogens with two attached hydrogens (primary N) is 2. The SMILES string of the molecule is NC(=O)Nc1[nH]c2cc(-c3cccc(CCO)c3)ccc2c1C(N)=O. The Balaban J connectivity index is 2.10. The number of benzene rings is 2. The van der Waals surface area contributed by atoms with E-state index in [0.29, 0.717) is 17.3 Å². The number of aromatic amines is 1. The van der Waals surface area contributed by atoms with Crippen molar-refractivity contribution in [3.8, 4) is 11.1 Å². The molecule has 25 heavy (non-hydrogen) atoms. The first-order valence-corrected chi connectivity index (χ1v) is 7.71. The number of H-pyrrole nitrogens is 1. The maximum atomic E-state index is 11.7. The molecule has 1 heterocycles. The third-order valence-corrected chi connectivity index (χ3v) is 3.95. The van der Waals surface area contributed by atoms with Gasteiger partial charge in [0.25, 0.3) is 5.91 Å². The molecule has 0 bridgehead atoms. The predicted octanol–water partition coefficient (Wildman–Crippen LogP) is 1.96. The number of urea groups is 1. The Morgan fingerprint density at radius 3 is 2.52 bits per heavy atom. The van der Waals surface area contributed by atoms with Crippen molar-refractivity contribution in [2.45, 2.75) is 6.42 Å². The highest BCUT2D eigenvalue weighted by Gasteiger charge is 2.17. The Kier molecular flexibility index (Phi) is 4.40. The lowest BCUT2D eigenvalue weighted by molar-refractivity contribution is 0.100. The van der Waals surface area contributed by atoms with E-state index in [1.807, 2.05) is 36.4 Å². The van der Waals surface area contributed by atoms with Gasteiger partial charge in [-0.25, -0.2) is 4.79 Å². The van der Waals surface area contributed by atoms with E-state index in [0.717, 1.165) is 16.7 Å². The van der Waals surface area contributed by atoms with Crippen molar-refractivity contribution in [1.82, 2.24) is 4.98 Å². The molecule has 0 saturated carbocycles. The van der Waals surface area contributed by atoms with Crippen molar-refractivity contribution < 1.29 is 14.7 Å². The second kappa shape index (κ2) is 6.66. The molecule has 0 fully saturated rings. The molecule has 7 N–H and O–H groups in total. The summed E-state index contributed by atoms with van der Waals surface area (Å²) in [5.41, 5.74) is 14.3. The van der Waals surface area contributed by atoms with Crippen LogP contribution in [-0.2, 0) is 6.42 Å². The lowest BCUT2D eigenvalue weighted by atomic mass is 10.0. The van der Waals surface area contributed by atoms with Gasteiger partial charge >= 0.3 is 6.03 Å². The maximum absolute atomic E-state index is 11.7. The number of aliphatic hydroxyl groups excluding tert-OH is 1. The molecule has 128 valence electrons. The number of aromatic nitrogens is 1. The van der Waals surface area contributed by atoms with Gasteiger partial charge in [0.05, 0.1) is 5.56 Å². The lowest BCUT2D eigenvalue weighted by Crippen LogP contribution is -2.22. The maximum Gasteiger partial charge on any atom is 0.317 e. The molecule has 3 aromatic rings. The predicted molar refractivity (Wildman–Crippen MR) is 96.2 cm³/mol. The van der Waals surface area contributed by atoms with Gasteiger partial charge in [0.15, 0.2) is 0 Å². The smallest absolute Gasteiger partial charge is 0.317 e. The van der Waals surface area contributed by atoms with Crippen LogP contribution < -0.4 is 16.8 Å². The van der Waals surface area contributed by atoms with Crippen molar-refractivity contribution in [1.29, 1.82) is 0 Å². The molecular weight excluding hydrogens is 320 g/mol. The molecule has 0 aliphatic rings. The van der Waals surface area contributed by atoms with E-state index >= 15 is 0 Å². The molecule has 3 rings (SSSR count). The number of fused-ring (bicyclic) bond motifs is 1. The number of carbonyl (C=O) groups is 2. The largest absolute Gasteiger partial charge is 0.396 e. The Morgan fingerprint density at radius 2 is 1.84 bits per heavy atom. The van der Waals surface area contributed by atoms with Gasteiger partial charge in [-0.05, 0) is 29.2 Å². The third kappa shape index (κ3) is 3.31. The number of amides is 3. The van der Waals surface area contributed by atoms with Crippen molar-refractivity contribution in [2.75, 3.05) is 11.9 Å². The molecule has 1 aromatic heterocycles. The van der Waals surface area contributed by atoms with E-state index < -0.39 is 11.9 Å². The van der Waals surface area contributed by atoms with E-state index in [9.17, 15) is 9.59 Å². The molecule has 3 amide bonds. The van der Waals surface area contributed by atoms with Crippen LogP contribution in [0, 0.1) is 0 Å². The number of anilines is 1. The fourth-order valence-corrected chi connectivity index (χ4v) is 2.89. The lowest BCUT2D eigenvalue weighted by Gasteiger charge is -2.05. The van der Waals surface area contributed by atoms with E-state index in [-0.39, 0.29) is 18.0 Å². The Hall–Kier alpha value is -3.32. The molecular formula is C18H18N4O3. The number of hydrogen-bond donors (Lipinski definition) is 5. The van der Waals surface area contributed by atoms with Gasteiger partial charge in [-0.1, -0.05) is 36.4 Å². The van der Waals surface area contributed by atoms with Gasteiger partial charge in [-0.15, -0.1) is 0 Å². The molecule has 0 radical (unpaired) electrons. The van der Waals surface area contributed by atoms with Gasteiger partial charge in [0.1, 0.15) is 5.82 Å². The van der Waals surface area contributed by atoms with Crippen LogP contribution in [0.3, 0.4) is 0 Å². The van der Waals surface area contributed by atoms with E-state index in [2.05, 4.69) is 10.3 Å². The monoisotopic (exact) mass is 338 g/mol. The van der Waals surface area contributed by atoms with Crippen molar-refractivity contribution in [3.05, 3.63) is 53.6 Å². The van der Waals surface area contributed by atoms with Crippen molar-refractivity contribution >= 4 is 28.7 Å². The van der Waals surface area contributed by atoms with Crippen LogP contribution in [0.1, 0.15) is 15.9 Å². The standard InChI is InChI=1S/C18H18N4O3/c19-16(24)15-13-5-4-12(9-14(13)21-17(15)22-18(20)25)11-3-1-2-10(8-11)6-7-23/h1-5,8-9,21,23H,6-7H2,(H2,19,24)(H3,20,22,25). The molecule has 0 unspecified atom stereocenters. The van der Waals surface area contributed by atoms with Crippen LogP contribution in [0.4, 0.5) is 10.6 Å². The van der Waals surface area contributed by atoms with Gasteiger partial charge in [-0.3, -0.25) is 10.1 Å². The second-order valence-corrected chi connectivity index (χ2v) is 5.66. The van der Waals surface area contributed by atoms with Crippen LogP contribution in [0.15, 0.2) is 42.5 Å². The Bertz CT molecular complexity index is 962. The summed E-state index contributed by atoms with van der Waals surface area (Å²) >= 11 is 0. The molecule has 0 aliphatic heterocycles. The number of carbonyl (C=O) groups excluding carboxylic acids is 2. The fourth-order valence-electron chi connectivity index (χ4n) is 2.89. The minimum absolute atomic E-state index is 0.0865. The topological polar surface area (TPSA) is 134 Å². The summed E-state index contributed by atoms with van der Waals surface area (Å²) in [7, 11) is 0. The summed E-state index contributed by atoms with van der Waals surface area (Å²) in [5, 5.41) is 12.1. The number of primary amides is 2. The summed E-state index contributed by atoms with van der Waals surface area (Å²) in [4.78, 5) is 25.8. The minimum atomic E-state index is -0.786. The molecule has 0 spiro atoms. The number of hydrogen-bond acceptors (Lipinski definition) is 3. The summed E-state index contributed by atoms with van der Waals surface area (Å²) in [6.45, 7) is 0.0865. The van der Waals surface area contributed by atoms with Crippen LogP contribution in [0.2, 0.25) is 0 Å². The summed E-state index contributed by atoms with van der Waals surface area (Å²) in [5.74, 6) is -0.478. The zero-order valence-electron chi connectivity index (χ0n) is 13.4. The van der Waals surface area contributed by atoms with Crippen molar-refractivity contribution in [3.63, 3.8) is 0 Å². The second-order valence-electron chi connectivity index (χ2n) is 5.66. The number of rotatable bonds is 5. The highest BCUT2D eigenvalue weighted by atomic mass is 16.3. The Morgan fingerprint density at radius 1 is 1.08 bits per heavy atom. The highest BCUT2D eigenvalue weighted by Crippen LogP contribution is 2.30. The Labute approximate surface area is 143 Å². The number of aliphatic hydroxyl groups is 1. The fraction of sp³-hybridized carbons (Fsp3) is 0.111. The van der Waals surface area contributed by atoms with Gasteiger partial charge in [-0.2, -0.15) is 0 Å². The molecule has 0 atom stereocenters. The summed E-state index contributed by atoms with van der Waals surface area (Å²) < 4.78 is 0. The molecule has 7 nitrogen and oxygen atoms in total. The third-order valence-electron chi connectivity index (χ3n) is 3.95. The van der Waals surface area contributed by atoms with Gasteiger partial charge < -0.3 is 21.6 Å². The zero-order chi connectivity index (χ0) is 18.0. The van der Waals surface area contributed by atoms with Crippen LogP contribution >= 0.6 is 0 Å². The van der Waals surface area contributed by atoms with Crippen molar-refractivity contribution in [2.24, 2.45) is 11.5 Å². The highest BCUT2D eigenvalue weighted by molar-refractivity contribution is 6.13. The first-order valence-electron chi connectivity index (χ1n) is 7.71. The van der Waals surface area contributed by atoms with Crippen LogP contribution in [-0.4, -0.2) is 28.6 Å². The average molecular weight is 338 g/mol. The first-order chi connectivity index (χ1) is 12.0. The number of nitrogens with one attached hydrogen (secondary N) is 2. The van der Waals surface area contributed by atoms with E-state index in [1.165, 1.54) is 0 Å². The average Bonchev–Trinajstić information content (AvgIpc) is 2.91.